The van der Waals surface area contributed by atoms with E-state index < -0.39 is 5.97 Å². The maximum absolute atomic E-state index is 12.3. The van der Waals surface area contributed by atoms with Crippen molar-refractivity contribution in [2.75, 3.05) is 24.3 Å². The average Bonchev–Trinajstić information content (AvgIpc) is 2.93. The molecule has 2 aromatic rings. The molecule has 6 nitrogen and oxygen atoms in total. The zero-order valence-corrected chi connectivity index (χ0v) is 14.0. The lowest BCUT2D eigenvalue weighted by molar-refractivity contribution is -0.116. The molecule has 0 aliphatic carbocycles. The number of hydrogen-bond acceptors (Lipinski definition) is 5. The third-order valence-electron chi connectivity index (χ3n) is 4.24. The molecule has 0 radical (unpaired) electrons. The van der Waals surface area contributed by atoms with Gasteiger partial charge in [0.2, 0.25) is 5.91 Å². The molecule has 0 spiro atoms. The minimum atomic E-state index is -0.565. The third-order valence-corrected chi connectivity index (χ3v) is 4.24. The van der Waals surface area contributed by atoms with Crippen LogP contribution in [0.2, 0.25) is 0 Å². The number of esters is 1. The van der Waals surface area contributed by atoms with Crippen LogP contribution in [-0.2, 0) is 9.53 Å². The van der Waals surface area contributed by atoms with Gasteiger partial charge in [0.1, 0.15) is 0 Å². The standard InChI is InChI=1S/C19H18N2O4/c1-11-14-9-12(7-8-16(14)21-18(11)23)17(22)10-25-19(24)13-5-3-4-6-15(13)20-2/h3-9,11,20H,10H2,1-2H3,(H,21,23)/t11-/m0/s1. The van der Waals surface area contributed by atoms with Crippen molar-refractivity contribution >= 4 is 29.0 Å². The normalized spacial score (nSPS) is 15.3. The second-order valence-electron chi connectivity index (χ2n) is 5.81. The van der Waals surface area contributed by atoms with E-state index in [0.29, 0.717) is 22.5 Å². The summed E-state index contributed by atoms with van der Waals surface area (Å²) in [5.41, 5.74) is 2.92. The lowest BCUT2D eigenvalue weighted by Gasteiger charge is -2.09. The number of fused-ring (bicyclic) bond motifs is 1. The Bertz CT molecular complexity index is 860. The van der Waals surface area contributed by atoms with Crippen molar-refractivity contribution in [2.45, 2.75) is 12.8 Å². The largest absolute Gasteiger partial charge is 0.454 e. The number of benzene rings is 2. The van der Waals surface area contributed by atoms with E-state index in [0.717, 1.165) is 5.56 Å². The van der Waals surface area contributed by atoms with E-state index in [1.54, 1.807) is 56.4 Å². The van der Waals surface area contributed by atoms with Crippen LogP contribution in [0, 0.1) is 0 Å². The Balaban J connectivity index is 1.69. The summed E-state index contributed by atoms with van der Waals surface area (Å²) >= 11 is 0. The van der Waals surface area contributed by atoms with Crippen LogP contribution < -0.4 is 10.6 Å². The molecule has 1 atom stereocenters. The summed E-state index contributed by atoms with van der Waals surface area (Å²) in [6, 6.07) is 11.9. The number of anilines is 2. The minimum Gasteiger partial charge on any atom is -0.454 e. The Morgan fingerprint density at radius 3 is 2.72 bits per heavy atom. The predicted octanol–water partition coefficient (Wildman–Crippen LogP) is 2.82. The second kappa shape index (κ2) is 6.76. The molecule has 128 valence electrons. The van der Waals surface area contributed by atoms with Gasteiger partial charge in [-0.3, -0.25) is 9.59 Å². The number of hydrogen-bond donors (Lipinski definition) is 2. The van der Waals surface area contributed by atoms with Crippen molar-refractivity contribution in [2.24, 2.45) is 0 Å². The summed E-state index contributed by atoms with van der Waals surface area (Å²) in [4.78, 5) is 36.2. The van der Waals surface area contributed by atoms with Gasteiger partial charge >= 0.3 is 5.97 Å². The minimum absolute atomic E-state index is 0.0882. The predicted molar refractivity (Wildman–Crippen MR) is 94.1 cm³/mol. The van der Waals surface area contributed by atoms with Gasteiger partial charge in [0.05, 0.1) is 11.5 Å². The van der Waals surface area contributed by atoms with Crippen LogP contribution in [0.5, 0.6) is 0 Å². The van der Waals surface area contributed by atoms with Gasteiger partial charge in [-0.05, 0) is 42.8 Å². The average molecular weight is 338 g/mol. The topological polar surface area (TPSA) is 84.5 Å². The molecule has 0 saturated carbocycles. The molecule has 3 rings (SSSR count). The van der Waals surface area contributed by atoms with Gasteiger partial charge in [0, 0.05) is 24.0 Å². The number of ether oxygens (including phenoxy) is 1. The van der Waals surface area contributed by atoms with E-state index in [4.69, 9.17) is 4.74 Å². The van der Waals surface area contributed by atoms with Gasteiger partial charge in [-0.1, -0.05) is 12.1 Å². The number of para-hydroxylation sites is 1. The first-order valence-electron chi connectivity index (χ1n) is 7.93. The van der Waals surface area contributed by atoms with Crippen LogP contribution in [0.3, 0.4) is 0 Å². The van der Waals surface area contributed by atoms with Crippen LogP contribution in [0.15, 0.2) is 42.5 Å². The number of carbonyl (C=O) groups excluding carboxylic acids is 3. The first-order chi connectivity index (χ1) is 12.0. The number of ketones is 1. The molecular weight excluding hydrogens is 320 g/mol. The third kappa shape index (κ3) is 3.24. The van der Waals surface area contributed by atoms with E-state index in [9.17, 15) is 14.4 Å². The fraction of sp³-hybridized carbons (Fsp3) is 0.211. The monoisotopic (exact) mass is 338 g/mol. The molecule has 0 fully saturated rings. The molecule has 1 aliphatic heterocycles. The lowest BCUT2D eigenvalue weighted by atomic mass is 9.99. The zero-order chi connectivity index (χ0) is 18.0. The fourth-order valence-corrected chi connectivity index (χ4v) is 2.76. The Morgan fingerprint density at radius 2 is 1.96 bits per heavy atom. The summed E-state index contributed by atoms with van der Waals surface area (Å²) in [5.74, 6) is -1.27. The highest BCUT2D eigenvalue weighted by atomic mass is 16.5. The Labute approximate surface area is 145 Å². The molecule has 25 heavy (non-hydrogen) atoms. The molecule has 0 saturated heterocycles. The van der Waals surface area contributed by atoms with Gasteiger partial charge in [-0.2, -0.15) is 0 Å². The fourth-order valence-electron chi connectivity index (χ4n) is 2.76. The number of rotatable bonds is 5. The zero-order valence-electron chi connectivity index (χ0n) is 14.0. The Kier molecular flexibility index (Phi) is 4.52. The van der Waals surface area contributed by atoms with Crippen LogP contribution in [-0.4, -0.2) is 31.3 Å². The molecule has 1 aliphatic rings. The van der Waals surface area contributed by atoms with Crippen molar-refractivity contribution < 1.29 is 19.1 Å². The maximum Gasteiger partial charge on any atom is 0.340 e. The molecule has 0 bridgehead atoms. The molecule has 0 aromatic heterocycles. The number of carbonyl (C=O) groups is 3. The Morgan fingerprint density at radius 1 is 1.20 bits per heavy atom. The molecule has 6 heteroatoms. The number of nitrogens with one attached hydrogen (secondary N) is 2. The highest BCUT2D eigenvalue weighted by Crippen LogP contribution is 2.32. The van der Waals surface area contributed by atoms with Crippen LogP contribution in [0.4, 0.5) is 11.4 Å². The van der Waals surface area contributed by atoms with E-state index >= 15 is 0 Å². The van der Waals surface area contributed by atoms with Gasteiger partial charge < -0.3 is 15.4 Å². The van der Waals surface area contributed by atoms with Gasteiger partial charge in [-0.25, -0.2) is 4.79 Å². The lowest BCUT2D eigenvalue weighted by Crippen LogP contribution is -2.15. The van der Waals surface area contributed by atoms with Crippen LogP contribution in [0.1, 0.15) is 39.1 Å². The van der Waals surface area contributed by atoms with E-state index in [-0.39, 0.29) is 24.2 Å². The first-order valence-corrected chi connectivity index (χ1v) is 7.93. The van der Waals surface area contributed by atoms with Gasteiger partial charge in [0.25, 0.3) is 0 Å². The van der Waals surface area contributed by atoms with Crippen LogP contribution in [0.25, 0.3) is 0 Å². The molecule has 2 aromatic carbocycles. The second-order valence-corrected chi connectivity index (χ2v) is 5.81. The van der Waals surface area contributed by atoms with Crippen molar-refractivity contribution in [3.05, 3.63) is 59.2 Å². The molecule has 1 amide bonds. The van der Waals surface area contributed by atoms with Crippen molar-refractivity contribution in [3.63, 3.8) is 0 Å². The van der Waals surface area contributed by atoms with Crippen molar-refractivity contribution in [1.29, 1.82) is 0 Å². The summed E-state index contributed by atoms with van der Waals surface area (Å²) in [7, 11) is 1.71. The highest BCUT2D eigenvalue weighted by Gasteiger charge is 2.27. The Hall–Kier alpha value is -3.15. The van der Waals surface area contributed by atoms with Crippen molar-refractivity contribution in [1.82, 2.24) is 0 Å². The van der Waals surface area contributed by atoms with Crippen molar-refractivity contribution in [3.8, 4) is 0 Å². The molecule has 0 unspecified atom stereocenters. The SMILES string of the molecule is CNc1ccccc1C(=O)OCC(=O)c1ccc2c(c1)[C@H](C)C(=O)N2. The van der Waals surface area contributed by atoms with E-state index in [1.165, 1.54) is 0 Å². The number of amides is 1. The maximum atomic E-state index is 12.3. The van der Waals surface area contributed by atoms with E-state index in [2.05, 4.69) is 10.6 Å². The quantitative estimate of drug-likeness (QED) is 0.647. The van der Waals surface area contributed by atoms with Gasteiger partial charge in [-0.15, -0.1) is 0 Å². The highest BCUT2D eigenvalue weighted by molar-refractivity contribution is 6.05. The van der Waals surface area contributed by atoms with Gasteiger partial charge in [0.15, 0.2) is 12.4 Å². The number of Topliss-reactive ketones (excluding diaryl/α,β-unsaturated/α-hetero) is 1. The smallest absolute Gasteiger partial charge is 0.340 e. The van der Waals surface area contributed by atoms with Crippen LogP contribution >= 0.6 is 0 Å². The van der Waals surface area contributed by atoms with E-state index in [1.807, 2.05) is 0 Å². The summed E-state index contributed by atoms with van der Waals surface area (Å²) in [6.07, 6.45) is 0. The molecule has 2 N–H and O–H groups in total. The summed E-state index contributed by atoms with van der Waals surface area (Å²) < 4.78 is 5.14. The molecular formula is C19H18N2O4. The first kappa shape index (κ1) is 16.7. The molecule has 1 heterocycles. The summed E-state index contributed by atoms with van der Waals surface area (Å²) in [6.45, 7) is 1.43. The summed E-state index contributed by atoms with van der Waals surface area (Å²) in [5, 5.41) is 5.66.